The second-order valence-corrected chi connectivity index (χ2v) is 4.38. The van der Waals surface area contributed by atoms with E-state index in [1.54, 1.807) is 18.2 Å². The summed E-state index contributed by atoms with van der Waals surface area (Å²) in [5.41, 5.74) is 0.163. The standard InChI is InChI=1S/C15H12N4O4/c16-9-11-5-6-14(18-10-11)23-8-7-17-15(20)12-3-1-2-4-13(12)19(21)22/h1-6,10H,7-8H2,(H,17,20). The van der Waals surface area contributed by atoms with Crippen molar-refractivity contribution < 1.29 is 14.5 Å². The van der Waals surface area contributed by atoms with Gasteiger partial charge in [-0.1, -0.05) is 12.1 Å². The molecule has 0 fully saturated rings. The number of amides is 1. The maximum absolute atomic E-state index is 11.9. The van der Waals surface area contributed by atoms with Gasteiger partial charge in [-0.25, -0.2) is 4.98 Å². The van der Waals surface area contributed by atoms with E-state index in [2.05, 4.69) is 10.3 Å². The van der Waals surface area contributed by atoms with E-state index in [0.717, 1.165) is 0 Å². The predicted octanol–water partition coefficient (Wildman–Crippen LogP) is 1.67. The minimum atomic E-state index is -0.605. The van der Waals surface area contributed by atoms with Gasteiger partial charge in [0, 0.05) is 18.3 Å². The minimum absolute atomic E-state index is 0.00556. The van der Waals surface area contributed by atoms with E-state index >= 15 is 0 Å². The molecule has 0 aliphatic rings. The van der Waals surface area contributed by atoms with Gasteiger partial charge in [-0.05, 0) is 12.1 Å². The lowest BCUT2D eigenvalue weighted by molar-refractivity contribution is -0.385. The summed E-state index contributed by atoms with van der Waals surface area (Å²) in [6.07, 6.45) is 1.38. The molecule has 1 N–H and O–H groups in total. The quantitative estimate of drug-likeness (QED) is 0.492. The number of nitriles is 1. The van der Waals surface area contributed by atoms with Gasteiger partial charge in [0.05, 0.1) is 17.0 Å². The van der Waals surface area contributed by atoms with E-state index in [1.807, 2.05) is 6.07 Å². The molecule has 0 saturated carbocycles. The lowest BCUT2D eigenvalue weighted by Crippen LogP contribution is -2.28. The van der Waals surface area contributed by atoms with Crippen LogP contribution in [0.5, 0.6) is 5.88 Å². The fourth-order valence-electron chi connectivity index (χ4n) is 1.77. The molecule has 8 heteroatoms. The summed E-state index contributed by atoms with van der Waals surface area (Å²) in [5, 5.41) is 22.0. The van der Waals surface area contributed by atoms with E-state index in [0.29, 0.717) is 11.4 Å². The van der Waals surface area contributed by atoms with Crippen LogP contribution >= 0.6 is 0 Å². The SMILES string of the molecule is N#Cc1ccc(OCCNC(=O)c2ccccc2[N+](=O)[O-])nc1. The Balaban J connectivity index is 1.85. The van der Waals surface area contributed by atoms with Gasteiger partial charge in [-0.15, -0.1) is 0 Å². The first-order valence-electron chi connectivity index (χ1n) is 6.62. The number of nitro benzene ring substituents is 1. The number of aromatic nitrogens is 1. The van der Waals surface area contributed by atoms with Crippen molar-refractivity contribution in [2.24, 2.45) is 0 Å². The molecule has 2 rings (SSSR count). The van der Waals surface area contributed by atoms with Crippen LogP contribution < -0.4 is 10.1 Å². The number of para-hydroxylation sites is 1. The summed E-state index contributed by atoms with van der Waals surface area (Å²) in [6.45, 7) is 0.303. The Morgan fingerprint density at radius 2 is 2.13 bits per heavy atom. The third-order valence-corrected chi connectivity index (χ3v) is 2.85. The Hall–Kier alpha value is -3.47. The molecule has 1 aromatic carbocycles. The van der Waals surface area contributed by atoms with Crippen LogP contribution in [0.4, 0.5) is 5.69 Å². The van der Waals surface area contributed by atoms with Crippen LogP contribution in [0.3, 0.4) is 0 Å². The molecule has 0 unspecified atom stereocenters. The van der Waals surface area contributed by atoms with Gasteiger partial charge in [0.2, 0.25) is 5.88 Å². The number of pyridine rings is 1. The van der Waals surface area contributed by atoms with Crippen LogP contribution in [0, 0.1) is 21.4 Å². The van der Waals surface area contributed by atoms with E-state index in [4.69, 9.17) is 10.00 Å². The molecular weight excluding hydrogens is 300 g/mol. The van der Waals surface area contributed by atoms with Crippen LogP contribution in [0.2, 0.25) is 0 Å². The van der Waals surface area contributed by atoms with Crippen molar-refractivity contribution >= 4 is 11.6 Å². The Morgan fingerprint density at radius 3 is 2.78 bits per heavy atom. The predicted molar refractivity (Wildman–Crippen MR) is 79.9 cm³/mol. The summed E-state index contributed by atoms with van der Waals surface area (Å²) < 4.78 is 5.30. The molecular formula is C15H12N4O4. The Labute approximate surface area is 131 Å². The summed E-state index contributed by atoms with van der Waals surface area (Å²) in [6, 6.07) is 10.8. The molecule has 23 heavy (non-hydrogen) atoms. The van der Waals surface area contributed by atoms with Crippen LogP contribution in [-0.4, -0.2) is 29.0 Å². The molecule has 1 aromatic heterocycles. The zero-order valence-corrected chi connectivity index (χ0v) is 11.9. The summed E-state index contributed by atoms with van der Waals surface area (Å²) in [4.78, 5) is 26.1. The third-order valence-electron chi connectivity index (χ3n) is 2.85. The van der Waals surface area contributed by atoms with Gasteiger partial charge in [0.1, 0.15) is 18.2 Å². The zero-order valence-electron chi connectivity index (χ0n) is 11.9. The van der Waals surface area contributed by atoms with Crippen molar-refractivity contribution in [3.05, 3.63) is 63.8 Å². The van der Waals surface area contributed by atoms with Crippen LogP contribution in [0.1, 0.15) is 15.9 Å². The molecule has 2 aromatic rings. The fourth-order valence-corrected chi connectivity index (χ4v) is 1.77. The number of rotatable bonds is 6. The van der Waals surface area contributed by atoms with E-state index in [9.17, 15) is 14.9 Å². The molecule has 0 bridgehead atoms. The highest BCUT2D eigenvalue weighted by Gasteiger charge is 2.18. The average Bonchev–Trinajstić information content (AvgIpc) is 2.59. The minimum Gasteiger partial charge on any atom is -0.476 e. The Morgan fingerprint density at radius 1 is 1.35 bits per heavy atom. The van der Waals surface area contributed by atoms with Crippen molar-refractivity contribution in [1.82, 2.24) is 10.3 Å². The van der Waals surface area contributed by atoms with Crippen molar-refractivity contribution in [3.8, 4) is 11.9 Å². The lowest BCUT2D eigenvalue weighted by Gasteiger charge is -2.07. The smallest absolute Gasteiger partial charge is 0.282 e. The van der Waals surface area contributed by atoms with Crippen LogP contribution in [-0.2, 0) is 0 Å². The van der Waals surface area contributed by atoms with Crippen molar-refractivity contribution in [2.45, 2.75) is 0 Å². The number of hydrogen-bond donors (Lipinski definition) is 1. The Bertz CT molecular complexity index is 753. The van der Waals surface area contributed by atoms with Crippen LogP contribution in [0.25, 0.3) is 0 Å². The van der Waals surface area contributed by atoms with Gasteiger partial charge in [0.15, 0.2) is 0 Å². The number of nitrogens with one attached hydrogen (secondary N) is 1. The number of nitrogens with zero attached hydrogens (tertiary/aromatic N) is 3. The normalized spacial score (nSPS) is 9.70. The summed E-state index contributed by atoms with van der Waals surface area (Å²) in [5.74, 6) is -0.224. The molecule has 0 aliphatic heterocycles. The fraction of sp³-hybridized carbons (Fsp3) is 0.133. The number of nitro groups is 1. The largest absolute Gasteiger partial charge is 0.476 e. The van der Waals surface area contributed by atoms with Crippen LogP contribution in [0.15, 0.2) is 42.6 Å². The van der Waals surface area contributed by atoms with Gasteiger partial charge in [-0.3, -0.25) is 14.9 Å². The van der Waals surface area contributed by atoms with Crippen molar-refractivity contribution in [3.63, 3.8) is 0 Å². The first kappa shape index (κ1) is 15.9. The molecule has 0 radical (unpaired) electrons. The molecule has 116 valence electrons. The van der Waals surface area contributed by atoms with Gasteiger partial charge >= 0.3 is 0 Å². The van der Waals surface area contributed by atoms with Gasteiger partial charge in [0.25, 0.3) is 11.6 Å². The highest BCUT2D eigenvalue weighted by atomic mass is 16.6. The Kier molecular flexibility index (Phi) is 5.20. The third kappa shape index (κ3) is 4.25. The molecule has 0 aliphatic carbocycles. The maximum atomic E-state index is 11.9. The van der Waals surface area contributed by atoms with Crippen molar-refractivity contribution in [1.29, 1.82) is 5.26 Å². The molecule has 1 heterocycles. The number of carbonyl (C=O) groups excluding carboxylic acids is 1. The number of benzene rings is 1. The topological polar surface area (TPSA) is 118 Å². The zero-order chi connectivity index (χ0) is 16.7. The monoisotopic (exact) mass is 312 g/mol. The highest BCUT2D eigenvalue weighted by molar-refractivity contribution is 5.98. The van der Waals surface area contributed by atoms with Gasteiger partial charge < -0.3 is 10.1 Å². The second kappa shape index (κ2) is 7.51. The number of carbonyl (C=O) groups is 1. The maximum Gasteiger partial charge on any atom is 0.282 e. The highest BCUT2D eigenvalue weighted by Crippen LogP contribution is 2.17. The first-order chi connectivity index (χ1) is 11.1. The van der Waals surface area contributed by atoms with E-state index in [1.165, 1.54) is 24.4 Å². The molecule has 0 saturated heterocycles. The molecule has 1 amide bonds. The molecule has 8 nitrogen and oxygen atoms in total. The van der Waals surface area contributed by atoms with E-state index in [-0.39, 0.29) is 24.4 Å². The lowest BCUT2D eigenvalue weighted by atomic mass is 10.1. The van der Waals surface area contributed by atoms with E-state index < -0.39 is 10.8 Å². The number of ether oxygens (including phenoxy) is 1. The average molecular weight is 312 g/mol. The summed E-state index contributed by atoms with van der Waals surface area (Å²) >= 11 is 0. The summed E-state index contributed by atoms with van der Waals surface area (Å²) in [7, 11) is 0. The molecule has 0 spiro atoms. The first-order valence-corrected chi connectivity index (χ1v) is 6.62. The molecule has 0 atom stereocenters. The van der Waals surface area contributed by atoms with Gasteiger partial charge in [-0.2, -0.15) is 5.26 Å². The number of hydrogen-bond acceptors (Lipinski definition) is 6. The van der Waals surface area contributed by atoms with Crippen molar-refractivity contribution in [2.75, 3.05) is 13.2 Å². The second-order valence-electron chi connectivity index (χ2n) is 4.38.